The van der Waals surface area contributed by atoms with Gasteiger partial charge in [-0.25, -0.2) is 9.97 Å². The SMILES string of the molecule is CCc1nccn1-c1nccnc1C1CCN(Cc2ccccc2)CC1. The summed E-state index contributed by atoms with van der Waals surface area (Å²) in [4.78, 5) is 16.3. The van der Waals surface area contributed by atoms with Gasteiger partial charge in [-0.15, -0.1) is 0 Å². The maximum absolute atomic E-state index is 4.71. The first kappa shape index (κ1) is 16.9. The summed E-state index contributed by atoms with van der Waals surface area (Å²) in [5.41, 5.74) is 2.50. The van der Waals surface area contributed by atoms with Gasteiger partial charge in [0.2, 0.25) is 0 Å². The molecule has 0 unspecified atom stereocenters. The van der Waals surface area contributed by atoms with Crippen molar-refractivity contribution in [3.63, 3.8) is 0 Å². The second-order valence-electron chi connectivity index (χ2n) is 6.87. The summed E-state index contributed by atoms with van der Waals surface area (Å²) in [5.74, 6) is 2.44. The van der Waals surface area contributed by atoms with Crippen LogP contribution in [-0.4, -0.2) is 37.5 Å². The molecule has 0 radical (unpaired) electrons. The van der Waals surface area contributed by atoms with Gasteiger partial charge in [-0.1, -0.05) is 37.3 Å². The van der Waals surface area contributed by atoms with Crippen LogP contribution in [-0.2, 0) is 13.0 Å². The van der Waals surface area contributed by atoms with E-state index in [-0.39, 0.29) is 0 Å². The number of hydrogen-bond acceptors (Lipinski definition) is 4. The van der Waals surface area contributed by atoms with Crippen LogP contribution in [0.15, 0.2) is 55.1 Å². The van der Waals surface area contributed by atoms with Crippen LogP contribution >= 0.6 is 0 Å². The van der Waals surface area contributed by atoms with E-state index in [1.807, 2.05) is 18.6 Å². The Morgan fingerprint density at radius 1 is 0.962 bits per heavy atom. The second-order valence-corrected chi connectivity index (χ2v) is 6.87. The molecule has 0 aliphatic carbocycles. The molecule has 4 rings (SSSR count). The summed E-state index contributed by atoms with van der Waals surface area (Å²) in [7, 11) is 0. The Bertz CT molecular complexity index is 834. The second kappa shape index (κ2) is 7.79. The minimum Gasteiger partial charge on any atom is -0.299 e. The Kier molecular flexibility index (Phi) is 5.07. The molecular formula is C21H25N5. The molecule has 5 heteroatoms. The summed E-state index contributed by atoms with van der Waals surface area (Å²) in [6.45, 7) is 5.35. The monoisotopic (exact) mass is 347 g/mol. The molecule has 1 saturated heterocycles. The smallest absolute Gasteiger partial charge is 0.160 e. The van der Waals surface area contributed by atoms with Crippen molar-refractivity contribution in [1.29, 1.82) is 0 Å². The van der Waals surface area contributed by atoms with Crippen LogP contribution in [0.25, 0.3) is 5.82 Å². The van der Waals surface area contributed by atoms with Crippen LogP contribution in [0.1, 0.15) is 42.8 Å². The van der Waals surface area contributed by atoms with Gasteiger partial charge in [-0.05, 0) is 31.5 Å². The van der Waals surface area contributed by atoms with Crippen LogP contribution in [0.4, 0.5) is 0 Å². The molecule has 2 aromatic heterocycles. The molecule has 26 heavy (non-hydrogen) atoms. The van der Waals surface area contributed by atoms with Gasteiger partial charge >= 0.3 is 0 Å². The van der Waals surface area contributed by atoms with Crippen molar-refractivity contribution in [1.82, 2.24) is 24.4 Å². The maximum Gasteiger partial charge on any atom is 0.160 e. The lowest BCUT2D eigenvalue weighted by Gasteiger charge is -2.32. The van der Waals surface area contributed by atoms with Gasteiger partial charge in [0.15, 0.2) is 5.82 Å². The highest BCUT2D eigenvalue weighted by Crippen LogP contribution is 2.30. The van der Waals surface area contributed by atoms with Gasteiger partial charge in [0, 0.05) is 43.7 Å². The number of benzene rings is 1. The van der Waals surface area contributed by atoms with Crippen molar-refractivity contribution >= 4 is 0 Å². The number of aryl methyl sites for hydroxylation is 1. The molecule has 0 saturated carbocycles. The van der Waals surface area contributed by atoms with Crippen molar-refractivity contribution in [2.75, 3.05) is 13.1 Å². The molecule has 1 fully saturated rings. The zero-order chi connectivity index (χ0) is 17.8. The van der Waals surface area contributed by atoms with Crippen molar-refractivity contribution in [3.05, 3.63) is 72.2 Å². The van der Waals surface area contributed by atoms with Gasteiger partial charge in [0.25, 0.3) is 0 Å². The van der Waals surface area contributed by atoms with Crippen molar-refractivity contribution in [2.45, 2.75) is 38.6 Å². The van der Waals surface area contributed by atoms with Crippen LogP contribution in [0.5, 0.6) is 0 Å². The number of piperidine rings is 1. The predicted octanol–water partition coefficient (Wildman–Crippen LogP) is 3.60. The van der Waals surface area contributed by atoms with Crippen molar-refractivity contribution in [2.24, 2.45) is 0 Å². The summed E-state index contributed by atoms with van der Waals surface area (Å²) >= 11 is 0. The number of hydrogen-bond donors (Lipinski definition) is 0. The lowest BCUT2D eigenvalue weighted by molar-refractivity contribution is 0.203. The number of likely N-dealkylation sites (tertiary alicyclic amines) is 1. The topological polar surface area (TPSA) is 46.8 Å². The molecule has 3 heterocycles. The van der Waals surface area contributed by atoms with Crippen molar-refractivity contribution in [3.8, 4) is 5.82 Å². The highest BCUT2D eigenvalue weighted by molar-refractivity contribution is 5.33. The number of rotatable bonds is 5. The lowest BCUT2D eigenvalue weighted by Crippen LogP contribution is -2.33. The van der Waals surface area contributed by atoms with E-state index in [0.29, 0.717) is 5.92 Å². The van der Waals surface area contributed by atoms with Crippen LogP contribution < -0.4 is 0 Å². The summed E-state index contributed by atoms with van der Waals surface area (Å²) in [6, 6.07) is 10.7. The summed E-state index contributed by atoms with van der Waals surface area (Å²) in [5, 5.41) is 0. The Hall–Kier alpha value is -2.53. The van der Waals surface area contributed by atoms with Gasteiger partial charge < -0.3 is 0 Å². The normalized spacial score (nSPS) is 16.0. The largest absolute Gasteiger partial charge is 0.299 e. The molecule has 5 nitrogen and oxygen atoms in total. The minimum absolute atomic E-state index is 0.456. The molecule has 0 bridgehead atoms. The average molecular weight is 347 g/mol. The quantitative estimate of drug-likeness (QED) is 0.707. The maximum atomic E-state index is 4.71. The fourth-order valence-electron chi connectivity index (χ4n) is 3.81. The van der Waals surface area contributed by atoms with Crippen LogP contribution in [0.2, 0.25) is 0 Å². The molecule has 0 N–H and O–H groups in total. The first-order chi connectivity index (χ1) is 12.8. The van der Waals surface area contributed by atoms with Gasteiger partial charge in [-0.2, -0.15) is 0 Å². The standard InChI is InChI=1S/C21H25N5/c1-2-19-22-12-15-26(19)21-20(23-10-11-24-21)18-8-13-25(14-9-18)16-17-6-4-3-5-7-17/h3-7,10-12,15,18H,2,8-9,13-14,16H2,1H3. The fourth-order valence-corrected chi connectivity index (χ4v) is 3.81. The minimum atomic E-state index is 0.456. The van der Waals surface area contributed by atoms with Gasteiger partial charge in [0.05, 0.1) is 5.69 Å². The number of aromatic nitrogens is 4. The first-order valence-electron chi connectivity index (χ1n) is 9.45. The van der Waals surface area contributed by atoms with E-state index in [9.17, 15) is 0 Å². The third-order valence-electron chi connectivity index (χ3n) is 5.19. The third-order valence-corrected chi connectivity index (χ3v) is 5.19. The highest BCUT2D eigenvalue weighted by atomic mass is 15.1. The Labute approximate surface area is 154 Å². The van der Waals surface area contributed by atoms with Crippen molar-refractivity contribution < 1.29 is 0 Å². The fraction of sp³-hybridized carbons (Fsp3) is 0.381. The van der Waals surface area contributed by atoms with E-state index in [0.717, 1.165) is 56.2 Å². The molecule has 3 aromatic rings. The van der Waals surface area contributed by atoms with Gasteiger partial charge in [0.1, 0.15) is 5.82 Å². The summed E-state index contributed by atoms with van der Waals surface area (Å²) < 4.78 is 2.10. The van der Waals surface area contributed by atoms with E-state index in [2.05, 4.69) is 56.7 Å². The number of nitrogens with zero attached hydrogens (tertiary/aromatic N) is 5. The molecule has 0 atom stereocenters. The third kappa shape index (κ3) is 3.53. The van der Waals surface area contributed by atoms with E-state index >= 15 is 0 Å². The zero-order valence-corrected chi connectivity index (χ0v) is 15.3. The lowest BCUT2D eigenvalue weighted by atomic mass is 9.92. The highest BCUT2D eigenvalue weighted by Gasteiger charge is 2.25. The van der Waals surface area contributed by atoms with E-state index < -0.39 is 0 Å². The number of imidazole rings is 1. The molecule has 134 valence electrons. The van der Waals surface area contributed by atoms with Gasteiger partial charge in [-0.3, -0.25) is 14.5 Å². The molecule has 1 aromatic carbocycles. The Balaban J connectivity index is 1.48. The van der Waals surface area contributed by atoms with Crippen LogP contribution in [0.3, 0.4) is 0 Å². The van der Waals surface area contributed by atoms with Crippen LogP contribution in [0, 0.1) is 0 Å². The van der Waals surface area contributed by atoms with E-state index in [4.69, 9.17) is 4.98 Å². The first-order valence-corrected chi connectivity index (χ1v) is 9.45. The Morgan fingerprint density at radius 3 is 2.50 bits per heavy atom. The van der Waals surface area contributed by atoms with E-state index in [1.165, 1.54) is 5.56 Å². The van der Waals surface area contributed by atoms with E-state index in [1.54, 1.807) is 6.20 Å². The Morgan fingerprint density at radius 2 is 1.73 bits per heavy atom. The molecule has 0 spiro atoms. The molecular weight excluding hydrogens is 322 g/mol. The average Bonchev–Trinajstić information content (AvgIpc) is 3.18. The zero-order valence-electron chi connectivity index (χ0n) is 15.3. The molecule has 0 amide bonds. The summed E-state index contributed by atoms with van der Waals surface area (Å²) in [6.07, 6.45) is 10.6. The molecule has 1 aliphatic heterocycles. The predicted molar refractivity (Wildman–Crippen MR) is 102 cm³/mol. The molecule has 1 aliphatic rings.